The highest BCUT2D eigenvalue weighted by Gasteiger charge is 2.35. The zero-order valence-corrected chi connectivity index (χ0v) is 13.2. The Balaban J connectivity index is 1.96. The maximum absolute atomic E-state index is 12.2. The van der Waals surface area contributed by atoms with Gasteiger partial charge in [0, 0.05) is 35.9 Å². The molecule has 0 atom stereocenters. The first-order valence-corrected chi connectivity index (χ1v) is 7.42. The van der Waals surface area contributed by atoms with E-state index in [9.17, 15) is 9.90 Å². The summed E-state index contributed by atoms with van der Waals surface area (Å²) in [5.41, 5.74) is 0.0269. The number of piperidine rings is 1. The van der Waals surface area contributed by atoms with Gasteiger partial charge in [0.25, 0.3) is 0 Å². The van der Waals surface area contributed by atoms with Crippen LogP contribution in [0.4, 0.5) is 10.5 Å². The molecule has 0 unspecified atom stereocenters. The lowest BCUT2D eigenvalue weighted by Crippen LogP contribution is -2.50. The Morgan fingerprint density at radius 1 is 1.33 bits per heavy atom. The molecule has 21 heavy (non-hydrogen) atoms. The SMILES string of the molecule is COC1(CO)CCN(C(=O)Nc2cc(Cl)cc(Cl)c2)CC1. The fourth-order valence-electron chi connectivity index (χ4n) is 2.37. The van der Waals surface area contributed by atoms with Crippen LogP contribution in [-0.2, 0) is 4.74 Å². The van der Waals surface area contributed by atoms with Gasteiger partial charge in [0.1, 0.15) is 0 Å². The van der Waals surface area contributed by atoms with E-state index in [1.54, 1.807) is 30.2 Å². The second-order valence-corrected chi connectivity index (χ2v) is 5.99. The number of hydrogen-bond donors (Lipinski definition) is 2. The molecule has 0 bridgehead atoms. The summed E-state index contributed by atoms with van der Waals surface area (Å²) in [6.45, 7) is 1.01. The number of aliphatic hydroxyl groups is 1. The molecule has 2 amide bonds. The number of methoxy groups -OCH3 is 1. The Hall–Kier alpha value is -1.01. The predicted molar refractivity (Wildman–Crippen MR) is 83.1 cm³/mol. The van der Waals surface area contributed by atoms with Crippen molar-refractivity contribution in [1.82, 2.24) is 4.90 Å². The highest BCUT2D eigenvalue weighted by atomic mass is 35.5. The Morgan fingerprint density at radius 3 is 2.38 bits per heavy atom. The average Bonchev–Trinajstić information content (AvgIpc) is 2.46. The van der Waals surface area contributed by atoms with Crippen molar-refractivity contribution in [3.05, 3.63) is 28.2 Å². The second-order valence-electron chi connectivity index (χ2n) is 5.12. The number of amides is 2. The molecule has 1 heterocycles. The van der Waals surface area contributed by atoms with E-state index < -0.39 is 5.60 Å². The fraction of sp³-hybridized carbons (Fsp3) is 0.500. The van der Waals surface area contributed by atoms with Gasteiger partial charge in [-0.2, -0.15) is 0 Å². The van der Waals surface area contributed by atoms with Crippen molar-refractivity contribution in [3.63, 3.8) is 0 Å². The first-order chi connectivity index (χ1) is 9.98. The van der Waals surface area contributed by atoms with Gasteiger partial charge in [-0.3, -0.25) is 0 Å². The summed E-state index contributed by atoms with van der Waals surface area (Å²) in [6.07, 6.45) is 1.20. The zero-order chi connectivity index (χ0) is 15.5. The minimum Gasteiger partial charge on any atom is -0.393 e. The van der Waals surface area contributed by atoms with Crippen LogP contribution in [0.15, 0.2) is 18.2 Å². The van der Waals surface area contributed by atoms with Gasteiger partial charge >= 0.3 is 6.03 Å². The number of benzene rings is 1. The molecule has 0 aromatic heterocycles. The molecule has 1 aliphatic rings. The number of carbonyl (C=O) groups excluding carboxylic acids is 1. The molecule has 0 spiro atoms. The number of aliphatic hydroxyl groups excluding tert-OH is 1. The van der Waals surface area contributed by atoms with Crippen molar-refractivity contribution in [2.75, 3.05) is 32.1 Å². The molecular formula is C14H18Cl2N2O3. The first kappa shape index (κ1) is 16.4. The molecule has 0 saturated carbocycles. The topological polar surface area (TPSA) is 61.8 Å². The lowest BCUT2D eigenvalue weighted by Gasteiger charge is -2.39. The molecule has 2 rings (SSSR count). The van der Waals surface area contributed by atoms with Crippen LogP contribution < -0.4 is 5.32 Å². The van der Waals surface area contributed by atoms with Crippen molar-refractivity contribution in [1.29, 1.82) is 0 Å². The van der Waals surface area contributed by atoms with Crippen LogP contribution in [0, 0.1) is 0 Å². The Kier molecular flexibility index (Phi) is 5.32. The van der Waals surface area contributed by atoms with Crippen molar-refractivity contribution >= 4 is 34.9 Å². The van der Waals surface area contributed by atoms with Crippen molar-refractivity contribution in [2.45, 2.75) is 18.4 Å². The molecule has 1 saturated heterocycles. The van der Waals surface area contributed by atoms with Gasteiger partial charge in [-0.1, -0.05) is 23.2 Å². The molecule has 7 heteroatoms. The summed E-state index contributed by atoms with van der Waals surface area (Å²) in [4.78, 5) is 13.9. The number of hydrogen-bond acceptors (Lipinski definition) is 3. The smallest absolute Gasteiger partial charge is 0.321 e. The third-order valence-corrected chi connectivity index (χ3v) is 4.23. The molecule has 5 nitrogen and oxygen atoms in total. The lowest BCUT2D eigenvalue weighted by molar-refractivity contribution is -0.0830. The highest BCUT2D eigenvalue weighted by Crippen LogP contribution is 2.26. The van der Waals surface area contributed by atoms with Crippen LogP contribution in [0.5, 0.6) is 0 Å². The highest BCUT2D eigenvalue weighted by molar-refractivity contribution is 6.35. The number of halogens is 2. The normalized spacial score (nSPS) is 17.6. The van der Waals surface area contributed by atoms with Crippen molar-refractivity contribution < 1.29 is 14.6 Å². The molecule has 1 aromatic rings. The number of carbonyl (C=O) groups is 1. The van der Waals surface area contributed by atoms with Gasteiger partial charge in [-0.15, -0.1) is 0 Å². The summed E-state index contributed by atoms with van der Waals surface area (Å²) in [7, 11) is 1.58. The van der Waals surface area contributed by atoms with Crippen molar-refractivity contribution in [2.24, 2.45) is 0 Å². The summed E-state index contributed by atoms with van der Waals surface area (Å²) >= 11 is 11.8. The van der Waals surface area contributed by atoms with Crippen LogP contribution in [0.25, 0.3) is 0 Å². The van der Waals surface area contributed by atoms with Gasteiger partial charge in [-0.25, -0.2) is 4.79 Å². The third-order valence-electron chi connectivity index (χ3n) is 3.80. The van der Waals surface area contributed by atoms with E-state index in [0.717, 1.165) is 0 Å². The molecule has 116 valence electrons. The Morgan fingerprint density at radius 2 is 1.90 bits per heavy atom. The van der Waals surface area contributed by atoms with Crippen LogP contribution in [0.2, 0.25) is 10.0 Å². The number of likely N-dealkylation sites (tertiary alicyclic amines) is 1. The number of ether oxygens (including phenoxy) is 1. The number of nitrogens with zero attached hydrogens (tertiary/aromatic N) is 1. The molecular weight excluding hydrogens is 315 g/mol. The molecule has 1 fully saturated rings. The van der Waals surface area contributed by atoms with E-state index in [-0.39, 0.29) is 12.6 Å². The summed E-state index contributed by atoms with van der Waals surface area (Å²) < 4.78 is 5.36. The number of rotatable bonds is 3. The maximum atomic E-state index is 12.2. The van der Waals surface area contributed by atoms with E-state index in [2.05, 4.69) is 5.32 Å². The summed E-state index contributed by atoms with van der Waals surface area (Å²) in [5, 5.41) is 13.1. The molecule has 0 radical (unpaired) electrons. The molecule has 0 aliphatic carbocycles. The van der Waals surface area contributed by atoms with Crippen LogP contribution >= 0.6 is 23.2 Å². The van der Waals surface area contributed by atoms with E-state index in [4.69, 9.17) is 27.9 Å². The summed E-state index contributed by atoms with van der Waals surface area (Å²) in [6, 6.07) is 4.68. The Bertz CT molecular complexity index is 491. The quantitative estimate of drug-likeness (QED) is 0.894. The van der Waals surface area contributed by atoms with Gasteiger partial charge in [0.15, 0.2) is 0 Å². The largest absolute Gasteiger partial charge is 0.393 e. The van der Waals surface area contributed by atoms with Gasteiger partial charge in [-0.05, 0) is 31.0 Å². The van der Waals surface area contributed by atoms with E-state index in [1.165, 1.54) is 0 Å². The van der Waals surface area contributed by atoms with Crippen LogP contribution in [0.1, 0.15) is 12.8 Å². The van der Waals surface area contributed by atoms with E-state index in [0.29, 0.717) is 41.7 Å². The second kappa shape index (κ2) is 6.83. The van der Waals surface area contributed by atoms with Crippen molar-refractivity contribution in [3.8, 4) is 0 Å². The first-order valence-electron chi connectivity index (χ1n) is 6.66. The fourth-order valence-corrected chi connectivity index (χ4v) is 2.90. The summed E-state index contributed by atoms with van der Waals surface area (Å²) in [5.74, 6) is 0. The van der Waals surface area contributed by atoms with Gasteiger partial charge in [0.05, 0.1) is 12.2 Å². The minimum absolute atomic E-state index is 0.0388. The molecule has 2 N–H and O–H groups in total. The van der Waals surface area contributed by atoms with E-state index in [1.807, 2.05) is 0 Å². The third kappa shape index (κ3) is 4.01. The van der Waals surface area contributed by atoms with Crippen LogP contribution in [-0.4, -0.2) is 48.4 Å². The lowest BCUT2D eigenvalue weighted by atomic mass is 9.92. The zero-order valence-electron chi connectivity index (χ0n) is 11.7. The molecule has 1 aromatic carbocycles. The Labute approximate surface area is 133 Å². The van der Waals surface area contributed by atoms with Crippen LogP contribution in [0.3, 0.4) is 0 Å². The molecule has 1 aliphatic heterocycles. The maximum Gasteiger partial charge on any atom is 0.321 e. The van der Waals surface area contributed by atoms with Gasteiger partial charge in [0.2, 0.25) is 0 Å². The predicted octanol–water partition coefficient (Wildman–Crippen LogP) is 3.00. The minimum atomic E-state index is -0.532. The average molecular weight is 333 g/mol. The standard InChI is InChI=1S/C14H18Cl2N2O3/c1-21-14(9-19)2-4-18(5-3-14)13(20)17-12-7-10(15)6-11(16)8-12/h6-8,19H,2-5,9H2,1H3,(H,17,20). The number of nitrogens with one attached hydrogen (secondary N) is 1. The van der Waals surface area contributed by atoms with E-state index >= 15 is 0 Å². The number of urea groups is 1. The monoisotopic (exact) mass is 332 g/mol. The van der Waals surface area contributed by atoms with Gasteiger partial charge < -0.3 is 20.1 Å². The number of anilines is 1.